The Hall–Kier alpha value is -2.37. The lowest BCUT2D eigenvalue weighted by atomic mass is 10.0. The summed E-state index contributed by atoms with van der Waals surface area (Å²) in [5, 5.41) is 2.79. The molecule has 6 heteroatoms. The van der Waals surface area contributed by atoms with Gasteiger partial charge < -0.3 is 10.1 Å². The molecule has 0 bridgehead atoms. The molecule has 6 nitrogen and oxygen atoms in total. The quantitative estimate of drug-likeness (QED) is 0.831. The van der Waals surface area contributed by atoms with Crippen LogP contribution in [0.25, 0.3) is 0 Å². The first-order chi connectivity index (χ1) is 11.6. The number of benzene rings is 1. The van der Waals surface area contributed by atoms with E-state index in [1.54, 1.807) is 45.0 Å². The molecule has 1 atom stereocenters. The molecule has 0 fully saturated rings. The molecule has 0 spiro atoms. The van der Waals surface area contributed by atoms with Gasteiger partial charge in [-0.15, -0.1) is 0 Å². The van der Waals surface area contributed by atoms with E-state index in [4.69, 9.17) is 4.74 Å². The highest BCUT2D eigenvalue weighted by molar-refractivity contribution is 6.21. The van der Waals surface area contributed by atoms with E-state index in [-0.39, 0.29) is 30.3 Å². The summed E-state index contributed by atoms with van der Waals surface area (Å²) in [7, 11) is 0. The molecule has 1 N–H and O–H groups in total. The number of hydrogen-bond acceptors (Lipinski definition) is 4. The molecule has 2 rings (SSSR count). The summed E-state index contributed by atoms with van der Waals surface area (Å²) in [5.41, 5.74) is 0.211. The van der Waals surface area contributed by atoms with Crippen molar-refractivity contribution in [1.82, 2.24) is 10.2 Å². The Balaban J connectivity index is 2.11. The van der Waals surface area contributed by atoms with Crippen LogP contribution in [0.5, 0.6) is 0 Å². The van der Waals surface area contributed by atoms with Gasteiger partial charge in [0.1, 0.15) is 5.60 Å². The summed E-state index contributed by atoms with van der Waals surface area (Å²) in [6, 6.07) is 6.40. The number of carbonyl (C=O) groups excluding carboxylic acids is 3. The van der Waals surface area contributed by atoms with Gasteiger partial charge in [0.2, 0.25) is 0 Å². The van der Waals surface area contributed by atoms with Crippen LogP contribution in [0.15, 0.2) is 24.3 Å². The molecule has 1 aromatic carbocycles. The number of ether oxygens (including phenoxy) is 1. The van der Waals surface area contributed by atoms with Crippen molar-refractivity contribution in [3.05, 3.63) is 35.4 Å². The molecule has 0 aliphatic carbocycles. The summed E-state index contributed by atoms with van der Waals surface area (Å²) in [6.45, 7) is 9.53. The van der Waals surface area contributed by atoms with Crippen LogP contribution in [-0.4, -0.2) is 41.0 Å². The van der Waals surface area contributed by atoms with Gasteiger partial charge in [0.25, 0.3) is 11.8 Å². The van der Waals surface area contributed by atoms with Crippen molar-refractivity contribution in [1.29, 1.82) is 0 Å². The van der Waals surface area contributed by atoms with E-state index in [9.17, 15) is 14.4 Å². The number of fused-ring (bicyclic) bond motifs is 1. The van der Waals surface area contributed by atoms with Crippen LogP contribution in [0.1, 0.15) is 61.8 Å². The number of rotatable bonds is 5. The fourth-order valence-electron chi connectivity index (χ4n) is 2.85. The SMILES string of the molecule is CC(C)CC(CN1C(=O)c2ccccc2C1=O)NC(=O)OC(C)(C)C. The highest BCUT2D eigenvalue weighted by Crippen LogP contribution is 2.23. The minimum absolute atomic E-state index is 0.129. The predicted octanol–water partition coefficient (Wildman–Crippen LogP) is 3.22. The molecule has 0 radical (unpaired) electrons. The molecule has 3 amide bonds. The molecular formula is C19H26N2O4. The van der Waals surface area contributed by atoms with Gasteiger partial charge in [0.05, 0.1) is 17.2 Å². The van der Waals surface area contributed by atoms with Crippen LogP contribution in [0.4, 0.5) is 4.79 Å². The highest BCUT2D eigenvalue weighted by Gasteiger charge is 2.36. The third-order valence-electron chi connectivity index (χ3n) is 3.76. The lowest BCUT2D eigenvalue weighted by Gasteiger charge is -2.27. The minimum atomic E-state index is -0.609. The van der Waals surface area contributed by atoms with Gasteiger partial charge in [-0.1, -0.05) is 26.0 Å². The number of alkyl carbamates (subject to hydrolysis) is 1. The van der Waals surface area contributed by atoms with Crippen LogP contribution in [-0.2, 0) is 4.74 Å². The molecule has 1 aliphatic heterocycles. The standard InChI is InChI=1S/C19H26N2O4/c1-12(2)10-13(20-18(24)25-19(3,4)5)11-21-16(22)14-8-6-7-9-15(14)17(21)23/h6-9,12-13H,10-11H2,1-5H3,(H,20,24). The van der Waals surface area contributed by atoms with Gasteiger partial charge in [-0.25, -0.2) is 4.79 Å². The Kier molecular flexibility index (Phi) is 5.50. The Morgan fingerprint density at radius 3 is 2.08 bits per heavy atom. The Morgan fingerprint density at radius 1 is 1.12 bits per heavy atom. The largest absolute Gasteiger partial charge is 0.444 e. The van der Waals surface area contributed by atoms with Crippen molar-refractivity contribution in [3.8, 4) is 0 Å². The van der Waals surface area contributed by atoms with E-state index in [1.165, 1.54) is 4.90 Å². The van der Waals surface area contributed by atoms with Gasteiger partial charge in [-0.05, 0) is 45.2 Å². The molecule has 136 valence electrons. The minimum Gasteiger partial charge on any atom is -0.444 e. The second-order valence-electron chi connectivity index (χ2n) is 7.74. The second kappa shape index (κ2) is 7.25. The molecule has 0 saturated heterocycles. The van der Waals surface area contributed by atoms with Gasteiger partial charge in [-0.2, -0.15) is 0 Å². The van der Waals surface area contributed by atoms with Crippen LogP contribution in [0, 0.1) is 5.92 Å². The summed E-state index contributed by atoms with van der Waals surface area (Å²) < 4.78 is 5.29. The van der Waals surface area contributed by atoms with Gasteiger partial charge in [0.15, 0.2) is 0 Å². The fraction of sp³-hybridized carbons (Fsp3) is 0.526. The van der Waals surface area contributed by atoms with Gasteiger partial charge in [0, 0.05) is 6.54 Å². The number of hydrogen-bond donors (Lipinski definition) is 1. The van der Waals surface area contributed by atoms with Crippen molar-refractivity contribution < 1.29 is 19.1 Å². The van der Waals surface area contributed by atoms with Crippen LogP contribution in [0.2, 0.25) is 0 Å². The zero-order valence-corrected chi connectivity index (χ0v) is 15.5. The molecule has 1 unspecified atom stereocenters. The first kappa shape index (κ1) is 19.0. The first-order valence-corrected chi connectivity index (χ1v) is 8.53. The van der Waals surface area contributed by atoms with E-state index in [1.807, 2.05) is 13.8 Å². The first-order valence-electron chi connectivity index (χ1n) is 8.53. The number of amides is 3. The molecule has 0 saturated carbocycles. The molecule has 1 heterocycles. The summed E-state index contributed by atoms with van der Waals surface area (Å²) in [5.74, 6) is -0.351. The fourth-order valence-corrected chi connectivity index (χ4v) is 2.85. The number of nitrogens with zero attached hydrogens (tertiary/aromatic N) is 1. The van der Waals surface area contributed by atoms with Gasteiger partial charge in [-0.3, -0.25) is 14.5 Å². The van der Waals surface area contributed by atoms with Gasteiger partial charge >= 0.3 is 6.09 Å². The summed E-state index contributed by atoms with van der Waals surface area (Å²) >= 11 is 0. The van der Waals surface area contributed by atoms with E-state index >= 15 is 0 Å². The van der Waals surface area contributed by atoms with E-state index in [0.29, 0.717) is 17.5 Å². The Bertz CT molecular complexity index is 641. The van der Waals surface area contributed by atoms with Crippen molar-refractivity contribution >= 4 is 17.9 Å². The predicted molar refractivity (Wildman–Crippen MR) is 94.4 cm³/mol. The average Bonchev–Trinajstić information content (AvgIpc) is 2.70. The average molecular weight is 346 g/mol. The Labute approximate surface area is 148 Å². The van der Waals surface area contributed by atoms with Crippen LogP contribution in [0.3, 0.4) is 0 Å². The van der Waals surface area contributed by atoms with Crippen LogP contribution < -0.4 is 5.32 Å². The van der Waals surface area contributed by atoms with E-state index < -0.39 is 11.7 Å². The smallest absolute Gasteiger partial charge is 0.407 e. The molecule has 1 aliphatic rings. The zero-order valence-electron chi connectivity index (χ0n) is 15.5. The third-order valence-corrected chi connectivity index (χ3v) is 3.76. The summed E-state index contributed by atoms with van der Waals surface area (Å²) in [4.78, 5) is 38.3. The maximum Gasteiger partial charge on any atom is 0.407 e. The molecule has 0 aromatic heterocycles. The molecule has 25 heavy (non-hydrogen) atoms. The lowest BCUT2D eigenvalue weighted by Crippen LogP contribution is -2.47. The lowest BCUT2D eigenvalue weighted by molar-refractivity contribution is 0.0460. The number of imide groups is 1. The van der Waals surface area contributed by atoms with Crippen LogP contribution >= 0.6 is 0 Å². The normalized spacial score (nSPS) is 15.4. The van der Waals surface area contributed by atoms with Crippen molar-refractivity contribution in [3.63, 3.8) is 0 Å². The maximum absolute atomic E-state index is 12.5. The highest BCUT2D eigenvalue weighted by atomic mass is 16.6. The van der Waals surface area contributed by atoms with Crippen molar-refractivity contribution in [2.24, 2.45) is 5.92 Å². The topological polar surface area (TPSA) is 75.7 Å². The van der Waals surface area contributed by atoms with Crippen molar-refractivity contribution in [2.75, 3.05) is 6.54 Å². The molecular weight excluding hydrogens is 320 g/mol. The van der Waals surface area contributed by atoms with E-state index in [2.05, 4.69) is 5.32 Å². The number of nitrogens with one attached hydrogen (secondary N) is 1. The Morgan fingerprint density at radius 2 is 1.64 bits per heavy atom. The molecule has 1 aromatic rings. The summed E-state index contributed by atoms with van der Waals surface area (Å²) in [6.07, 6.45) is 0.0851. The maximum atomic E-state index is 12.5. The monoisotopic (exact) mass is 346 g/mol. The van der Waals surface area contributed by atoms with E-state index in [0.717, 1.165) is 0 Å². The third kappa shape index (κ3) is 4.81. The second-order valence-corrected chi connectivity index (χ2v) is 7.74. The zero-order chi connectivity index (χ0) is 18.8. The van der Waals surface area contributed by atoms with Crippen molar-refractivity contribution in [2.45, 2.75) is 52.7 Å². The number of carbonyl (C=O) groups is 3.